The molecular formula is C23H34O3. The lowest BCUT2D eigenvalue weighted by atomic mass is 9.65. The van der Waals surface area contributed by atoms with Gasteiger partial charge in [-0.1, -0.05) is 31.9 Å². The van der Waals surface area contributed by atoms with Crippen LogP contribution in [0, 0.1) is 11.8 Å². The number of methoxy groups -OCH3 is 1. The molecule has 2 aliphatic carbocycles. The van der Waals surface area contributed by atoms with Gasteiger partial charge >= 0.3 is 5.97 Å². The molecular weight excluding hydrogens is 324 g/mol. The number of hydrogen-bond donors (Lipinski definition) is 0. The van der Waals surface area contributed by atoms with E-state index < -0.39 is 0 Å². The second kappa shape index (κ2) is 9.55. The highest BCUT2D eigenvalue weighted by Gasteiger charge is 2.36. The molecule has 3 rings (SSSR count). The van der Waals surface area contributed by atoms with Gasteiger partial charge in [0.1, 0.15) is 0 Å². The molecule has 0 saturated heterocycles. The van der Waals surface area contributed by atoms with E-state index in [9.17, 15) is 4.79 Å². The third-order valence-corrected chi connectivity index (χ3v) is 6.47. The summed E-state index contributed by atoms with van der Waals surface area (Å²) < 4.78 is 10.9. The molecule has 2 aliphatic rings. The van der Waals surface area contributed by atoms with Crippen LogP contribution in [-0.2, 0) is 9.47 Å². The average molecular weight is 359 g/mol. The number of ether oxygens (including phenoxy) is 2. The number of unbranched alkanes of at least 4 members (excludes halogenated alkanes) is 2. The van der Waals surface area contributed by atoms with Crippen LogP contribution in [0.2, 0.25) is 0 Å². The summed E-state index contributed by atoms with van der Waals surface area (Å²) in [5, 5.41) is 0. The van der Waals surface area contributed by atoms with E-state index in [2.05, 4.69) is 19.1 Å². The Morgan fingerprint density at radius 2 is 1.73 bits per heavy atom. The van der Waals surface area contributed by atoms with Crippen LogP contribution in [-0.4, -0.2) is 25.8 Å². The second-order valence-corrected chi connectivity index (χ2v) is 8.16. The fourth-order valence-corrected chi connectivity index (χ4v) is 4.91. The zero-order chi connectivity index (χ0) is 18.4. The Bertz CT molecular complexity index is 565. The Labute approximate surface area is 158 Å². The van der Waals surface area contributed by atoms with Gasteiger partial charge in [-0.2, -0.15) is 0 Å². The van der Waals surface area contributed by atoms with Gasteiger partial charge in [0, 0.05) is 6.61 Å². The summed E-state index contributed by atoms with van der Waals surface area (Å²) in [6.45, 7) is 3.19. The van der Waals surface area contributed by atoms with Crippen molar-refractivity contribution in [1.82, 2.24) is 0 Å². The van der Waals surface area contributed by atoms with Crippen molar-refractivity contribution >= 4 is 5.97 Å². The number of carbonyl (C=O) groups is 1. The quantitative estimate of drug-likeness (QED) is 0.461. The zero-order valence-corrected chi connectivity index (χ0v) is 16.4. The molecule has 0 spiro atoms. The van der Waals surface area contributed by atoms with Gasteiger partial charge in [0.2, 0.25) is 0 Å². The first kappa shape index (κ1) is 19.4. The van der Waals surface area contributed by atoms with Gasteiger partial charge in [0.05, 0.1) is 18.8 Å². The number of rotatable bonds is 7. The summed E-state index contributed by atoms with van der Waals surface area (Å²) >= 11 is 0. The van der Waals surface area contributed by atoms with Crippen molar-refractivity contribution in [1.29, 1.82) is 0 Å². The molecule has 144 valence electrons. The molecule has 2 fully saturated rings. The van der Waals surface area contributed by atoms with E-state index >= 15 is 0 Å². The molecule has 4 atom stereocenters. The molecule has 0 aromatic heterocycles. The molecule has 1 aromatic rings. The molecule has 26 heavy (non-hydrogen) atoms. The summed E-state index contributed by atoms with van der Waals surface area (Å²) in [4.78, 5) is 11.6. The van der Waals surface area contributed by atoms with Crippen molar-refractivity contribution in [2.45, 2.75) is 76.7 Å². The van der Waals surface area contributed by atoms with E-state index in [1.165, 1.54) is 70.5 Å². The van der Waals surface area contributed by atoms with E-state index in [-0.39, 0.29) is 5.97 Å². The monoisotopic (exact) mass is 358 g/mol. The molecule has 0 radical (unpaired) electrons. The molecule has 1 aromatic carbocycles. The van der Waals surface area contributed by atoms with Crippen LogP contribution in [0.25, 0.3) is 0 Å². The van der Waals surface area contributed by atoms with Gasteiger partial charge < -0.3 is 9.47 Å². The molecule has 3 nitrogen and oxygen atoms in total. The third-order valence-electron chi connectivity index (χ3n) is 6.47. The summed E-state index contributed by atoms with van der Waals surface area (Å²) in [6.07, 6.45) is 12.0. The van der Waals surface area contributed by atoms with Crippen LogP contribution >= 0.6 is 0 Å². The minimum Gasteiger partial charge on any atom is -0.465 e. The number of fused-ring (bicyclic) bond motifs is 1. The predicted octanol–water partition coefficient (Wildman–Crippen LogP) is 5.73. The Balaban J connectivity index is 1.49. The first-order valence-electron chi connectivity index (χ1n) is 10.5. The molecule has 2 saturated carbocycles. The van der Waals surface area contributed by atoms with Crippen LogP contribution in [0.3, 0.4) is 0 Å². The molecule has 0 amide bonds. The summed E-state index contributed by atoms with van der Waals surface area (Å²) in [5.74, 6) is 2.09. The SMILES string of the molecule is CCCCCOC1CCC2CC(c3ccc(C(=O)OC)cc3)CCC2C1. The van der Waals surface area contributed by atoms with Gasteiger partial charge in [-0.25, -0.2) is 4.79 Å². The minimum absolute atomic E-state index is 0.252. The fraction of sp³-hybridized carbons (Fsp3) is 0.696. The standard InChI is InChI=1S/C23H34O3/c1-3-4-5-14-26-22-13-12-20-15-19(10-11-21(20)16-22)17-6-8-18(9-7-17)23(24)25-2/h6-9,19-22H,3-5,10-16H2,1-2H3. The van der Waals surface area contributed by atoms with E-state index in [0.29, 0.717) is 17.6 Å². The van der Waals surface area contributed by atoms with Gasteiger partial charge in [-0.15, -0.1) is 0 Å². The highest BCUT2D eigenvalue weighted by Crippen LogP contribution is 2.46. The van der Waals surface area contributed by atoms with Crippen molar-refractivity contribution < 1.29 is 14.3 Å². The molecule has 0 heterocycles. The Hall–Kier alpha value is -1.35. The molecule has 3 heteroatoms. The highest BCUT2D eigenvalue weighted by atomic mass is 16.5. The smallest absolute Gasteiger partial charge is 0.337 e. The van der Waals surface area contributed by atoms with Gasteiger partial charge in [-0.05, 0) is 80.4 Å². The van der Waals surface area contributed by atoms with E-state index in [4.69, 9.17) is 9.47 Å². The van der Waals surface area contributed by atoms with Crippen molar-refractivity contribution in [3.05, 3.63) is 35.4 Å². The first-order valence-corrected chi connectivity index (χ1v) is 10.5. The lowest BCUT2D eigenvalue weighted by Crippen LogP contribution is -2.34. The third kappa shape index (κ3) is 4.88. The maximum Gasteiger partial charge on any atom is 0.337 e. The van der Waals surface area contributed by atoms with Crippen LogP contribution in [0.4, 0.5) is 0 Å². The van der Waals surface area contributed by atoms with Crippen molar-refractivity contribution in [2.75, 3.05) is 13.7 Å². The fourth-order valence-electron chi connectivity index (χ4n) is 4.91. The van der Waals surface area contributed by atoms with Crippen LogP contribution in [0.1, 0.15) is 86.6 Å². The molecule has 0 bridgehead atoms. The summed E-state index contributed by atoms with van der Waals surface area (Å²) in [7, 11) is 1.43. The Kier molecular flexibility index (Phi) is 7.13. The zero-order valence-electron chi connectivity index (χ0n) is 16.4. The van der Waals surface area contributed by atoms with E-state index in [1.54, 1.807) is 0 Å². The maximum absolute atomic E-state index is 11.6. The molecule has 4 unspecified atom stereocenters. The predicted molar refractivity (Wildman–Crippen MR) is 104 cm³/mol. The largest absolute Gasteiger partial charge is 0.465 e. The van der Waals surface area contributed by atoms with Crippen LogP contribution in [0.15, 0.2) is 24.3 Å². The van der Waals surface area contributed by atoms with Gasteiger partial charge in [0.25, 0.3) is 0 Å². The van der Waals surface area contributed by atoms with E-state index in [1.807, 2.05) is 12.1 Å². The average Bonchev–Trinajstić information content (AvgIpc) is 2.70. The summed E-state index contributed by atoms with van der Waals surface area (Å²) in [5.41, 5.74) is 2.03. The second-order valence-electron chi connectivity index (χ2n) is 8.16. The van der Waals surface area contributed by atoms with Crippen molar-refractivity contribution in [3.8, 4) is 0 Å². The maximum atomic E-state index is 11.6. The normalized spacial score (nSPS) is 28.4. The molecule has 0 N–H and O–H groups in total. The van der Waals surface area contributed by atoms with Crippen LogP contribution in [0.5, 0.6) is 0 Å². The lowest BCUT2D eigenvalue weighted by molar-refractivity contribution is -0.0162. The lowest BCUT2D eigenvalue weighted by Gasteiger charge is -2.42. The Morgan fingerprint density at radius 3 is 2.46 bits per heavy atom. The molecule has 0 aliphatic heterocycles. The Morgan fingerprint density at radius 1 is 1.00 bits per heavy atom. The van der Waals surface area contributed by atoms with E-state index in [0.717, 1.165) is 18.4 Å². The van der Waals surface area contributed by atoms with Crippen molar-refractivity contribution in [3.63, 3.8) is 0 Å². The van der Waals surface area contributed by atoms with Gasteiger partial charge in [-0.3, -0.25) is 0 Å². The number of benzene rings is 1. The summed E-state index contributed by atoms with van der Waals surface area (Å²) in [6, 6.07) is 8.07. The van der Waals surface area contributed by atoms with Gasteiger partial charge in [0.15, 0.2) is 0 Å². The van der Waals surface area contributed by atoms with Crippen LogP contribution < -0.4 is 0 Å². The number of hydrogen-bond acceptors (Lipinski definition) is 3. The van der Waals surface area contributed by atoms with Crippen molar-refractivity contribution in [2.24, 2.45) is 11.8 Å². The first-order chi connectivity index (χ1) is 12.7. The minimum atomic E-state index is -0.252. The number of carbonyl (C=O) groups excluding carboxylic acids is 1. The number of esters is 1. The topological polar surface area (TPSA) is 35.5 Å². The highest BCUT2D eigenvalue weighted by molar-refractivity contribution is 5.89.